The number of fused-ring (bicyclic) bond motifs is 1. The van der Waals surface area contributed by atoms with Gasteiger partial charge in [-0.1, -0.05) is 31.5 Å². The fraction of sp³-hybridized carbons (Fsp3) is 0.500. The molecule has 3 rings (SSSR count). The highest BCUT2D eigenvalue weighted by molar-refractivity contribution is 5.89. The molecule has 1 fully saturated rings. The quantitative estimate of drug-likeness (QED) is 0.842. The van der Waals surface area contributed by atoms with E-state index in [0.29, 0.717) is 19.5 Å². The molecule has 0 spiro atoms. The molecule has 25 heavy (non-hydrogen) atoms. The average molecular weight is 341 g/mol. The summed E-state index contributed by atoms with van der Waals surface area (Å²) in [6.07, 6.45) is 5.25. The summed E-state index contributed by atoms with van der Waals surface area (Å²) < 4.78 is 0. The third-order valence-corrected chi connectivity index (χ3v) is 5.11. The molecule has 5 heteroatoms. The van der Waals surface area contributed by atoms with Crippen molar-refractivity contribution < 1.29 is 9.59 Å². The predicted molar refractivity (Wildman–Crippen MR) is 99.2 cm³/mol. The Labute approximate surface area is 149 Å². The van der Waals surface area contributed by atoms with Crippen molar-refractivity contribution in [3.05, 3.63) is 36.0 Å². The Hall–Kier alpha value is -2.30. The fourth-order valence-electron chi connectivity index (χ4n) is 3.56. The molecule has 1 saturated heterocycles. The van der Waals surface area contributed by atoms with Gasteiger partial charge >= 0.3 is 0 Å². The van der Waals surface area contributed by atoms with Crippen molar-refractivity contribution in [1.29, 1.82) is 0 Å². The topological polar surface area (TPSA) is 56.4 Å². The summed E-state index contributed by atoms with van der Waals surface area (Å²) in [5.74, 6) is 0.0239. The van der Waals surface area contributed by atoms with Gasteiger partial charge in [-0.3, -0.25) is 9.59 Å². The maximum Gasteiger partial charge on any atom is 0.227 e. The number of hydrogen-bond acceptors (Lipinski definition) is 2. The van der Waals surface area contributed by atoms with Crippen LogP contribution in [0.25, 0.3) is 10.9 Å². The van der Waals surface area contributed by atoms with Gasteiger partial charge in [0.25, 0.3) is 0 Å². The second kappa shape index (κ2) is 7.72. The Morgan fingerprint density at radius 3 is 2.96 bits per heavy atom. The second-order valence-electron chi connectivity index (χ2n) is 6.96. The number of amides is 2. The predicted octanol–water partition coefficient (Wildman–Crippen LogP) is 2.82. The number of carbonyl (C=O) groups excluding carboxylic acids is 2. The molecule has 0 saturated carbocycles. The molecule has 1 aliphatic heterocycles. The molecule has 1 aromatic carbocycles. The largest absolute Gasteiger partial charge is 0.361 e. The molecular formula is C20H27N3O2. The summed E-state index contributed by atoms with van der Waals surface area (Å²) in [6, 6.07) is 8.20. The third-order valence-electron chi connectivity index (χ3n) is 5.11. The molecule has 0 radical (unpaired) electrons. The summed E-state index contributed by atoms with van der Waals surface area (Å²) in [5.41, 5.74) is 2.34. The lowest BCUT2D eigenvalue weighted by Crippen LogP contribution is -2.35. The zero-order valence-corrected chi connectivity index (χ0v) is 15.1. The number of aromatic amines is 1. The van der Waals surface area contributed by atoms with Crippen LogP contribution in [0.2, 0.25) is 0 Å². The maximum absolute atomic E-state index is 12.5. The molecular weight excluding hydrogens is 314 g/mol. The minimum absolute atomic E-state index is 0.0992. The number of nitrogens with zero attached hydrogens (tertiary/aromatic N) is 2. The van der Waals surface area contributed by atoms with E-state index in [1.165, 1.54) is 10.9 Å². The summed E-state index contributed by atoms with van der Waals surface area (Å²) in [7, 11) is 1.84. The molecule has 0 bridgehead atoms. The Morgan fingerprint density at radius 1 is 1.36 bits per heavy atom. The first-order chi connectivity index (χ1) is 12.1. The second-order valence-corrected chi connectivity index (χ2v) is 6.96. The molecule has 5 nitrogen and oxygen atoms in total. The van der Waals surface area contributed by atoms with Crippen molar-refractivity contribution in [2.75, 3.05) is 26.7 Å². The summed E-state index contributed by atoms with van der Waals surface area (Å²) in [4.78, 5) is 31.7. The van der Waals surface area contributed by atoms with E-state index in [2.05, 4.69) is 24.0 Å². The van der Waals surface area contributed by atoms with Gasteiger partial charge in [0.2, 0.25) is 11.8 Å². The minimum Gasteiger partial charge on any atom is -0.361 e. The Kier molecular flexibility index (Phi) is 5.41. The average Bonchev–Trinajstić information content (AvgIpc) is 3.20. The normalized spacial score (nSPS) is 17.4. The van der Waals surface area contributed by atoms with Crippen LogP contribution in [-0.2, 0) is 16.0 Å². The van der Waals surface area contributed by atoms with E-state index < -0.39 is 0 Å². The first-order valence-corrected chi connectivity index (χ1v) is 9.18. The lowest BCUT2D eigenvalue weighted by Gasteiger charge is -2.21. The van der Waals surface area contributed by atoms with Crippen molar-refractivity contribution >= 4 is 22.7 Å². The zero-order valence-electron chi connectivity index (χ0n) is 15.1. The first kappa shape index (κ1) is 17.5. The van der Waals surface area contributed by atoms with Crippen LogP contribution in [0.3, 0.4) is 0 Å². The molecule has 1 atom stereocenters. The van der Waals surface area contributed by atoms with Crippen LogP contribution in [0.1, 0.15) is 31.7 Å². The Bertz CT molecular complexity index is 752. The molecule has 2 aromatic rings. The van der Waals surface area contributed by atoms with E-state index in [4.69, 9.17) is 0 Å². The maximum atomic E-state index is 12.5. The van der Waals surface area contributed by atoms with Crippen molar-refractivity contribution in [2.24, 2.45) is 5.92 Å². The monoisotopic (exact) mass is 341 g/mol. The molecule has 1 unspecified atom stereocenters. The van der Waals surface area contributed by atoms with E-state index in [1.54, 1.807) is 4.90 Å². The molecule has 1 aliphatic rings. The highest BCUT2D eigenvalue weighted by Gasteiger charge is 2.35. The van der Waals surface area contributed by atoms with Gasteiger partial charge in [0.05, 0.1) is 5.92 Å². The zero-order chi connectivity index (χ0) is 17.8. The molecule has 1 N–H and O–H groups in total. The number of unbranched alkanes of at least 4 members (excludes halogenated alkanes) is 1. The smallest absolute Gasteiger partial charge is 0.227 e. The lowest BCUT2D eigenvalue weighted by atomic mass is 10.1. The minimum atomic E-state index is -0.183. The number of para-hydroxylation sites is 1. The standard InChI is InChI=1S/C20H27N3O2/c1-3-4-10-22(2)20(25)16-12-19(24)23(14-16)11-9-15-13-21-18-8-6-5-7-17(15)18/h5-8,13,16,21H,3-4,9-12,14H2,1-2H3. The number of likely N-dealkylation sites (tertiary alicyclic amines) is 1. The molecule has 2 amide bonds. The van der Waals surface area contributed by atoms with Gasteiger partial charge in [0.1, 0.15) is 0 Å². The van der Waals surface area contributed by atoms with Crippen molar-refractivity contribution in [2.45, 2.75) is 32.6 Å². The fourth-order valence-corrected chi connectivity index (χ4v) is 3.56. The highest BCUT2D eigenvalue weighted by atomic mass is 16.2. The van der Waals surface area contributed by atoms with Gasteiger partial charge in [0.15, 0.2) is 0 Å². The van der Waals surface area contributed by atoms with Gasteiger partial charge in [-0.15, -0.1) is 0 Å². The SMILES string of the molecule is CCCCN(C)C(=O)C1CC(=O)N(CCc2c[nH]c3ccccc23)C1. The van der Waals surface area contributed by atoms with Crippen LogP contribution in [0.4, 0.5) is 0 Å². The molecule has 2 heterocycles. The van der Waals surface area contributed by atoms with E-state index in [9.17, 15) is 9.59 Å². The van der Waals surface area contributed by atoms with Gasteiger partial charge in [0, 0.05) is 50.2 Å². The summed E-state index contributed by atoms with van der Waals surface area (Å²) >= 11 is 0. The lowest BCUT2D eigenvalue weighted by molar-refractivity contribution is -0.134. The number of aromatic nitrogens is 1. The summed E-state index contributed by atoms with van der Waals surface area (Å²) in [5, 5.41) is 1.21. The summed E-state index contributed by atoms with van der Waals surface area (Å²) in [6.45, 7) is 4.11. The molecule has 134 valence electrons. The van der Waals surface area contributed by atoms with Gasteiger partial charge < -0.3 is 14.8 Å². The van der Waals surface area contributed by atoms with Crippen LogP contribution in [0, 0.1) is 5.92 Å². The van der Waals surface area contributed by atoms with Crippen LogP contribution >= 0.6 is 0 Å². The Morgan fingerprint density at radius 2 is 2.16 bits per heavy atom. The van der Waals surface area contributed by atoms with E-state index in [1.807, 2.05) is 30.3 Å². The number of rotatable bonds is 7. The van der Waals surface area contributed by atoms with Gasteiger partial charge in [-0.05, 0) is 24.5 Å². The van der Waals surface area contributed by atoms with Crippen LogP contribution in [0.5, 0.6) is 0 Å². The van der Waals surface area contributed by atoms with E-state index in [-0.39, 0.29) is 17.7 Å². The number of benzene rings is 1. The van der Waals surface area contributed by atoms with Crippen molar-refractivity contribution in [1.82, 2.24) is 14.8 Å². The highest BCUT2D eigenvalue weighted by Crippen LogP contribution is 2.22. The van der Waals surface area contributed by atoms with Crippen molar-refractivity contribution in [3.63, 3.8) is 0 Å². The van der Waals surface area contributed by atoms with E-state index >= 15 is 0 Å². The number of carbonyl (C=O) groups is 2. The number of nitrogens with one attached hydrogen (secondary N) is 1. The molecule has 0 aliphatic carbocycles. The number of H-pyrrole nitrogens is 1. The van der Waals surface area contributed by atoms with Gasteiger partial charge in [-0.25, -0.2) is 0 Å². The van der Waals surface area contributed by atoms with Crippen molar-refractivity contribution in [3.8, 4) is 0 Å². The number of hydrogen-bond donors (Lipinski definition) is 1. The Balaban J connectivity index is 1.57. The van der Waals surface area contributed by atoms with Gasteiger partial charge in [-0.2, -0.15) is 0 Å². The third kappa shape index (κ3) is 3.86. The van der Waals surface area contributed by atoms with Crippen LogP contribution < -0.4 is 0 Å². The first-order valence-electron chi connectivity index (χ1n) is 9.18. The van der Waals surface area contributed by atoms with E-state index in [0.717, 1.165) is 31.3 Å². The molecule has 1 aromatic heterocycles. The van der Waals surface area contributed by atoms with Crippen LogP contribution in [0.15, 0.2) is 30.5 Å². The van der Waals surface area contributed by atoms with Crippen LogP contribution in [-0.4, -0.2) is 53.3 Å².